The average Bonchev–Trinajstić information content (AvgIpc) is 3.14. The molecule has 4 unspecified atom stereocenters. The Bertz CT molecular complexity index is 1260. The van der Waals surface area contributed by atoms with Crippen LogP contribution in [0.15, 0.2) is 0 Å². The van der Waals surface area contributed by atoms with Gasteiger partial charge in [0, 0.05) is 46.8 Å². The molecule has 0 aliphatic heterocycles. The third-order valence-corrected chi connectivity index (χ3v) is 8.90. The summed E-state index contributed by atoms with van der Waals surface area (Å²) in [7, 11) is 0. The lowest BCUT2D eigenvalue weighted by Gasteiger charge is -2.26. The summed E-state index contributed by atoms with van der Waals surface area (Å²) in [6, 6.07) is -5.90. The van der Waals surface area contributed by atoms with E-state index in [2.05, 4.69) is 28.2 Å². The SMILES string of the molecule is CCCCCCCCCCCC(=O)NC(CCCN(O)C(C)=O)C(=O)NC(CCCN(O)C(C)=O)C(=O)NC(CO)C(=O)NC(CCCN(O)C(C)=O)C(=O)O. The van der Waals surface area contributed by atoms with Gasteiger partial charge in [0.25, 0.3) is 0 Å². The highest BCUT2D eigenvalue weighted by Crippen LogP contribution is 2.11. The van der Waals surface area contributed by atoms with Gasteiger partial charge in [-0.2, -0.15) is 0 Å². The first-order chi connectivity index (χ1) is 26.4. The molecule has 322 valence electrons. The number of nitrogens with one attached hydrogen (secondary N) is 4. The van der Waals surface area contributed by atoms with E-state index in [0.717, 1.165) is 46.5 Å². The van der Waals surface area contributed by atoms with Crippen LogP contribution in [0.4, 0.5) is 0 Å². The first kappa shape index (κ1) is 51.6. The number of carbonyl (C=O) groups is 8. The number of nitrogens with zero attached hydrogens (tertiary/aromatic N) is 3. The standard InChI is InChI=1S/C36H65N7O13/c1-5-6-7-8-9-10-11-12-13-20-32(48)37-28(17-14-21-41(54)25(2)45)33(49)38-29(18-15-22-42(55)26(3)46)34(50)40-31(24-44)35(51)39-30(36(52)53)19-16-23-43(56)27(4)47/h28-31,44,54-56H,5-24H2,1-4H3,(H,37,48)(H,38,49)(H,39,51)(H,40,50)(H,52,53). The molecule has 56 heavy (non-hydrogen) atoms. The molecule has 0 aromatic carbocycles. The molecule has 0 heterocycles. The maximum absolute atomic E-state index is 13.6. The number of amides is 7. The number of aliphatic carboxylic acids is 1. The van der Waals surface area contributed by atoms with Crippen LogP contribution in [0.3, 0.4) is 0 Å². The minimum absolute atomic E-state index is 0.0261. The van der Waals surface area contributed by atoms with Crippen LogP contribution >= 0.6 is 0 Å². The van der Waals surface area contributed by atoms with Gasteiger partial charge >= 0.3 is 5.97 Å². The highest BCUT2D eigenvalue weighted by Gasteiger charge is 2.31. The highest BCUT2D eigenvalue weighted by molar-refractivity contribution is 5.95. The summed E-state index contributed by atoms with van der Waals surface area (Å²) in [6.07, 6.45) is 8.91. The quantitative estimate of drug-likeness (QED) is 0.0269. The fraction of sp³-hybridized carbons (Fsp3) is 0.778. The number of aliphatic hydroxyl groups is 1. The van der Waals surface area contributed by atoms with E-state index in [0.29, 0.717) is 21.6 Å². The molecule has 9 N–H and O–H groups in total. The van der Waals surface area contributed by atoms with Crippen LogP contribution < -0.4 is 21.3 Å². The highest BCUT2D eigenvalue weighted by atomic mass is 16.5. The largest absolute Gasteiger partial charge is 0.480 e. The minimum Gasteiger partial charge on any atom is -0.480 e. The summed E-state index contributed by atoms with van der Waals surface area (Å²) in [6.45, 7) is 3.88. The molecular formula is C36H65N7O13. The fourth-order valence-corrected chi connectivity index (χ4v) is 5.48. The van der Waals surface area contributed by atoms with Gasteiger partial charge in [0.1, 0.15) is 24.2 Å². The Morgan fingerprint density at radius 2 is 0.821 bits per heavy atom. The molecular weight excluding hydrogens is 738 g/mol. The molecule has 0 aromatic rings. The van der Waals surface area contributed by atoms with Crippen molar-refractivity contribution in [1.29, 1.82) is 0 Å². The van der Waals surface area contributed by atoms with Crippen LogP contribution in [0.1, 0.15) is 130 Å². The van der Waals surface area contributed by atoms with Crippen molar-refractivity contribution in [3.63, 3.8) is 0 Å². The van der Waals surface area contributed by atoms with Crippen LogP contribution in [0.2, 0.25) is 0 Å². The summed E-state index contributed by atoms with van der Waals surface area (Å²) in [5.41, 5.74) is 0. The van der Waals surface area contributed by atoms with E-state index in [-0.39, 0.29) is 64.6 Å². The first-order valence-corrected chi connectivity index (χ1v) is 19.4. The van der Waals surface area contributed by atoms with Gasteiger partial charge in [0.05, 0.1) is 6.61 Å². The van der Waals surface area contributed by atoms with Gasteiger partial charge in [0.2, 0.25) is 41.4 Å². The van der Waals surface area contributed by atoms with Crippen LogP contribution in [0.5, 0.6) is 0 Å². The second kappa shape index (κ2) is 29.8. The predicted octanol–water partition coefficient (Wildman–Crippen LogP) is 0.977. The van der Waals surface area contributed by atoms with Gasteiger partial charge in [-0.25, -0.2) is 20.0 Å². The van der Waals surface area contributed by atoms with Crippen molar-refractivity contribution < 1.29 is 64.2 Å². The van der Waals surface area contributed by atoms with E-state index in [1.165, 1.54) is 25.7 Å². The summed E-state index contributed by atoms with van der Waals surface area (Å²) in [4.78, 5) is 99.1. The van der Waals surface area contributed by atoms with Crippen molar-refractivity contribution in [2.45, 2.75) is 155 Å². The Labute approximate surface area is 328 Å². The topological polar surface area (TPSA) is 296 Å². The number of aliphatic hydroxyl groups excluding tert-OH is 1. The van der Waals surface area contributed by atoms with E-state index >= 15 is 0 Å². The summed E-state index contributed by atoms with van der Waals surface area (Å²) in [5.74, 6) is -6.82. The Balaban J connectivity index is 5.85. The maximum Gasteiger partial charge on any atom is 0.326 e. The number of rotatable bonds is 31. The van der Waals surface area contributed by atoms with E-state index < -0.39 is 78.1 Å². The number of hydrogen-bond acceptors (Lipinski definition) is 12. The summed E-state index contributed by atoms with van der Waals surface area (Å²) in [5, 5.41) is 59.5. The van der Waals surface area contributed by atoms with Crippen molar-refractivity contribution in [2.75, 3.05) is 26.2 Å². The predicted molar refractivity (Wildman–Crippen MR) is 200 cm³/mol. The molecule has 20 nitrogen and oxygen atoms in total. The second-order valence-electron chi connectivity index (χ2n) is 13.8. The number of carboxylic acid groups (broad SMARTS) is 1. The molecule has 4 atom stereocenters. The molecule has 0 bridgehead atoms. The summed E-state index contributed by atoms with van der Waals surface area (Å²) >= 11 is 0. The molecule has 0 rings (SSSR count). The van der Waals surface area contributed by atoms with Crippen LogP contribution in [-0.4, -0.2) is 139 Å². The van der Waals surface area contributed by atoms with Crippen LogP contribution in [0, 0.1) is 0 Å². The zero-order chi connectivity index (χ0) is 42.6. The van der Waals surface area contributed by atoms with Gasteiger partial charge in [0.15, 0.2) is 0 Å². The van der Waals surface area contributed by atoms with Gasteiger partial charge in [-0.3, -0.25) is 49.2 Å². The van der Waals surface area contributed by atoms with E-state index in [1.54, 1.807) is 0 Å². The van der Waals surface area contributed by atoms with Crippen LogP contribution in [0.25, 0.3) is 0 Å². The molecule has 20 heteroatoms. The zero-order valence-corrected chi connectivity index (χ0v) is 33.3. The molecule has 7 amide bonds. The first-order valence-electron chi connectivity index (χ1n) is 19.4. The molecule has 0 aliphatic rings. The molecule has 0 saturated heterocycles. The zero-order valence-electron chi connectivity index (χ0n) is 33.3. The monoisotopic (exact) mass is 803 g/mol. The lowest BCUT2D eigenvalue weighted by atomic mass is 10.0. The fourth-order valence-electron chi connectivity index (χ4n) is 5.48. The number of carboxylic acids is 1. The van der Waals surface area contributed by atoms with Crippen molar-refractivity contribution >= 4 is 47.3 Å². The molecule has 0 fully saturated rings. The van der Waals surface area contributed by atoms with E-state index in [4.69, 9.17) is 0 Å². The summed E-state index contributed by atoms with van der Waals surface area (Å²) < 4.78 is 0. The Kier molecular flexibility index (Phi) is 27.5. The lowest BCUT2D eigenvalue weighted by molar-refractivity contribution is -0.163. The van der Waals surface area contributed by atoms with Crippen molar-refractivity contribution in [3.8, 4) is 0 Å². The number of hydroxylamine groups is 6. The smallest absolute Gasteiger partial charge is 0.326 e. The van der Waals surface area contributed by atoms with Crippen LogP contribution in [-0.2, 0) is 38.4 Å². The Hall–Kier alpha value is -4.40. The van der Waals surface area contributed by atoms with E-state index in [1.807, 2.05) is 0 Å². The van der Waals surface area contributed by atoms with Crippen molar-refractivity contribution in [2.24, 2.45) is 0 Å². The van der Waals surface area contributed by atoms with Gasteiger partial charge in [-0.15, -0.1) is 0 Å². The maximum atomic E-state index is 13.6. The third-order valence-electron chi connectivity index (χ3n) is 8.90. The number of hydrogen-bond donors (Lipinski definition) is 9. The second-order valence-corrected chi connectivity index (χ2v) is 13.8. The number of unbranched alkanes of at least 4 members (excludes halogenated alkanes) is 8. The molecule has 0 spiro atoms. The van der Waals surface area contributed by atoms with Gasteiger partial charge < -0.3 is 31.5 Å². The average molecular weight is 804 g/mol. The number of carbonyl (C=O) groups excluding carboxylic acids is 7. The molecule has 0 saturated carbocycles. The molecule has 0 aromatic heterocycles. The third kappa shape index (κ3) is 23.5. The van der Waals surface area contributed by atoms with Gasteiger partial charge in [-0.05, 0) is 44.9 Å². The minimum atomic E-state index is -1.70. The lowest BCUT2D eigenvalue weighted by Crippen LogP contribution is -2.58. The Morgan fingerprint density at radius 3 is 1.21 bits per heavy atom. The normalized spacial score (nSPS) is 13.0. The van der Waals surface area contributed by atoms with Gasteiger partial charge in [-0.1, -0.05) is 58.3 Å². The Morgan fingerprint density at radius 1 is 0.482 bits per heavy atom. The molecule has 0 radical (unpaired) electrons. The van der Waals surface area contributed by atoms with E-state index in [9.17, 15) is 64.2 Å². The molecule has 0 aliphatic carbocycles. The van der Waals surface area contributed by atoms with Crippen molar-refractivity contribution in [1.82, 2.24) is 36.5 Å². The van der Waals surface area contributed by atoms with Crippen molar-refractivity contribution in [3.05, 3.63) is 0 Å².